The van der Waals surface area contributed by atoms with Crippen LogP contribution in [0.25, 0.3) is 0 Å². The molecule has 1 heterocycles. The maximum Gasteiger partial charge on any atom is 0.415 e. The van der Waals surface area contributed by atoms with Crippen molar-refractivity contribution in [2.75, 3.05) is 16.8 Å². The molecule has 188 valence electrons. The highest BCUT2D eigenvalue weighted by Gasteiger charge is 2.62. The standard InChI is InChI=1S/C27H33BrN2O5/c1-7-34-24(32)27(17(2)3)21(16-23(31)29-19-14-12-18(28)13-15-19)20-10-8-9-11-22(20)30(27)25(33)35-26(4,5)6/h8-15,17,21H,7,16H2,1-6H3,(H,29,31)/t21-,27+/m0/s1. The molecule has 2 aromatic rings. The molecular weight excluding hydrogens is 512 g/mol. The van der Waals surface area contributed by atoms with E-state index in [1.807, 2.05) is 38.1 Å². The van der Waals surface area contributed by atoms with Gasteiger partial charge in [-0.25, -0.2) is 9.59 Å². The number of nitrogens with zero attached hydrogens (tertiary/aromatic N) is 1. The number of esters is 1. The summed E-state index contributed by atoms with van der Waals surface area (Å²) < 4.78 is 12.2. The summed E-state index contributed by atoms with van der Waals surface area (Å²) in [7, 11) is 0. The smallest absolute Gasteiger partial charge is 0.415 e. The van der Waals surface area contributed by atoms with Crippen LogP contribution in [0.4, 0.5) is 16.2 Å². The van der Waals surface area contributed by atoms with E-state index in [2.05, 4.69) is 21.2 Å². The van der Waals surface area contributed by atoms with Crippen molar-refractivity contribution in [1.29, 1.82) is 0 Å². The number of rotatable bonds is 6. The number of halogens is 1. The quantitative estimate of drug-likeness (QED) is 0.433. The molecule has 0 aliphatic carbocycles. The fourth-order valence-electron chi connectivity index (χ4n) is 4.71. The summed E-state index contributed by atoms with van der Waals surface area (Å²) in [6.45, 7) is 10.9. The number of carbonyl (C=O) groups is 3. The first kappa shape index (κ1) is 26.7. The van der Waals surface area contributed by atoms with Gasteiger partial charge in [0.25, 0.3) is 0 Å². The van der Waals surface area contributed by atoms with E-state index < -0.39 is 29.1 Å². The summed E-state index contributed by atoms with van der Waals surface area (Å²) in [5.74, 6) is -1.85. The van der Waals surface area contributed by atoms with Gasteiger partial charge in [-0.3, -0.25) is 9.69 Å². The van der Waals surface area contributed by atoms with Gasteiger partial charge in [0.1, 0.15) is 5.60 Å². The van der Waals surface area contributed by atoms with Gasteiger partial charge in [-0.05, 0) is 69.5 Å². The Bertz CT molecular complexity index is 1090. The molecule has 1 aliphatic rings. The zero-order valence-electron chi connectivity index (χ0n) is 21.1. The van der Waals surface area contributed by atoms with E-state index in [-0.39, 0.29) is 24.9 Å². The van der Waals surface area contributed by atoms with E-state index in [0.29, 0.717) is 11.4 Å². The number of hydrogen-bond donors (Lipinski definition) is 1. The highest BCUT2D eigenvalue weighted by molar-refractivity contribution is 9.10. The Kier molecular flexibility index (Phi) is 7.94. The third-order valence-electron chi connectivity index (χ3n) is 6.03. The van der Waals surface area contributed by atoms with Crippen LogP contribution in [0.15, 0.2) is 53.0 Å². The minimum Gasteiger partial charge on any atom is -0.464 e. The molecule has 2 amide bonds. The van der Waals surface area contributed by atoms with Crippen LogP contribution in [0.3, 0.4) is 0 Å². The van der Waals surface area contributed by atoms with E-state index in [9.17, 15) is 14.4 Å². The second-order valence-corrected chi connectivity index (χ2v) is 10.8. The van der Waals surface area contributed by atoms with Crippen molar-refractivity contribution in [2.45, 2.75) is 65.0 Å². The zero-order chi connectivity index (χ0) is 26.0. The van der Waals surface area contributed by atoms with E-state index in [1.54, 1.807) is 52.0 Å². The topological polar surface area (TPSA) is 84.9 Å². The fourth-order valence-corrected chi connectivity index (χ4v) is 4.97. The van der Waals surface area contributed by atoms with Gasteiger partial charge in [-0.15, -0.1) is 0 Å². The normalized spacial score (nSPS) is 19.3. The lowest BCUT2D eigenvalue weighted by molar-refractivity contribution is -0.152. The third-order valence-corrected chi connectivity index (χ3v) is 6.56. The number of nitrogens with one attached hydrogen (secondary N) is 1. The molecule has 8 heteroatoms. The maximum absolute atomic E-state index is 13.7. The highest BCUT2D eigenvalue weighted by Crippen LogP contribution is 2.54. The first-order chi connectivity index (χ1) is 16.4. The Labute approximate surface area is 215 Å². The van der Waals surface area contributed by atoms with E-state index in [0.717, 1.165) is 10.0 Å². The van der Waals surface area contributed by atoms with Crippen molar-refractivity contribution in [3.63, 3.8) is 0 Å². The van der Waals surface area contributed by atoms with Crippen LogP contribution >= 0.6 is 15.9 Å². The van der Waals surface area contributed by atoms with Crippen molar-refractivity contribution in [1.82, 2.24) is 0 Å². The number of anilines is 2. The Morgan fingerprint density at radius 3 is 2.29 bits per heavy atom. The minimum atomic E-state index is -1.46. The lowest BCUT2D eigenvalue weighted by atomic mass is 9.72. The highest BCUT2D eigenvalue weighted by atomic mass is 79.9. The molecule has 0 saturated heterocycles. The van der Waals surface area contributed by atoms with Crippen LogP contribution in [0, 0.1) is 5.92 Å². The lowest BCUT2D eigenvalue weighted by Crippen LogP contribution is -2.62. The van der Waals surface area contributed by atoms with Crippen molar-refractivity contribution < 1.29 is 23.9 Å². The molecule has 1 N–H and O–H groups in total. The molecule has 2 aromatic carbocycles. The van der Waals surface area contributed by atoms with Gasteiger partial charge < -0.3 is 14.8 Å². The number of hydrogen-bond acceptors (Lipinski definition) is 5. The Balaban J connectivity index is 2.11. The molecule has 0 radical (unpaired) electrons. The number of para-hydroxylation sites is 1. The van der Waals surface area contributed by atoms with Crippen LogP contribution < -0.4 is 10.2 Å². The van der Waals surface area contributed by atoms with Gasteiger partial charge in [0.15, 0.2) is 5.54 Å². The van der Waals surface area contributed by atoms with Gasteiger partial charge >= 0.3 is 12.1 Å². The molecule has 0 saturated carbocycles. The summed E-state index contributed by atoms with van der Waals surface area (Å²) in [5.41, 5.74) is -0.324. The molecule has 7 nitrogen and oxygen atoms in total. The molecule has 0 aromatic heterocycles. The fraction of sp³-hybridized carbons (Fsp3) is 0.444. The Morgan fingerprint density at radius 1 is 1.09 bits per heavy atom. The second-order valence-electron chi connectivity index (χ2n) is 9.89. The summed E-state index contributed by atoms with van der Waals surface area (Å²) in [5, 5.41) is 2.91. The van der Waals surface area contributed by atoms with Gasteiger partial charge in [0, 0.05) is 22.5 Å². The summed E-state index contributed by atoms with van der Waals surface area (Å²) in [4.78, 5) is 42.0. The lowest BCUT2D eigenvalue weighted by Gasteiger charge is -2.43. The van der Waals surface area contributed by atoms with Crippen molar-refractivity contribution >= 4 is 45.3 Å². The van der Waals surface area contributed by atoms with E-state index in [1.165, 1.54) is 4.90 Å². The average Bonchev–Trinajstić information content (AvgIpc) is 3.06. The maximum atomic E-state index is 13.7. The molecular formula is C27H33BrN2O5. The number of benzene rings is 2. The van der Waals surface area contributed by atoms with Crippen LogP contribution in [-0.4, -0.2) is 35.7 Å². The Hall–Kier alpha value is -2.87. The predicted molar refractivity (Wildman–Crippen MR) is 139 cm³/mol. The van der Waals surface area contributed by atoms with Gasteiger partial charge in [0.2, 0.25) is 5.91 Å². The summed E-state index contributed by atoms with van der Waals surface area (Å²) >= 11 is 3.39. The number of amides is 2. The monoisotopic (exact) mass is 544 g/mol. The molecule has 0 unspecified atom stereocenters. The SMILES string of the molecule is CCOC(=O)[C@@]1(C(C)C)[C@@H](CC(=O)Nc2ccc(Br)cc2)c2ccccc2N1C(=O)OC(C)(C)C. The van der Waals surface area contributed by atoms with Crippen molar-refractivity contribution in [3.05, 3.63) is 58.6 Å². The molecule has 2 atom stereocenters. The van der Waals surface area contributed by atoms with Crippen LogP contribution in [-0.2, 0) is 19.1 Å². The van der Waals surface area contributed by atoms with Crippen LogP contribution in [0.2, 0.25) is 0 Å². The van der Waals surface area contributed by atoms with Gasteiger partial charge in [-0.1, -0.05) is 48.0 Å². The minimum absolute atomic E-state index is 0.0244. The number of fused-ring (bicyclic) bond motifs is 1. The third kappa shape index (κ3) is 5.37. The van der Waals surface area contributed by atoms with Crippen LogP contribution in [0.1, 0.15) is 59.4 Å². The average molecular weight is 545 g/mol. The zero-order valence-corrected chi connectivity index (χ0v) is 22.6. The summed E-state index contributed by atoms with van der Waals surface area (Å²) in [6, 6.07) is 14.5. The van der Waals surface area contributed by atoms with Crippen LogP contribution in [0.5, 0.6) is 0 Å². The molecule has 35 heavy (non-hydrogen) atoms. The first-order valence-electron chi connectivity index (χ1n) is 11.8. The summed E-state index contributed by atoms with van der Waals surface area (Å²) in [6.07, 6.45) is -0.675. The molecule has 1 aliphatic heterocycles. The first-order valence-corrected chi connectivity index (χ1v) is 12.6. The number of ether oxygens (including phenoxy) is 2. The second kappa shape index (κ2) is 10.4. The number of carbonyl (C=O) groups excluding carboxylic acids is 3. The molecule has 0 fully saturated rings. The van der Waals surface area contributed by atoms with Crippen molar-refractivity contribution in [2.24, 2.45) is 5.92 Å². The van der Waals surface area contributed by atoms with Crippen molar-refractivity contribution in [3.8, 4) is 0 Å². The van der Waals surface area contributed by atoms with Gasteiger partial charge in [-0.2, -0.15) is 0 Å². The largest absolute Gasteiger partial charge is 0.464 e. The van der Waals surface area contributed by atoms with E-state index in [4.69, 9.17) is 9.47 Å². The predicted octanol–water partition coefficient (Wildman–Crippen LogP) is 6.27. The van der Waals surface area contributed by atoms with Gasteiger partial charge in [0.05, 0.1) is 12.3 Å². The van der Waals surface area contributed by atoms with E-state index >= 15 is 0 Å². The Morgan fingerprint density at radius 2 is 1.71 bits per heavy atom. The molecule has 3 rings (SSSR count). The molecule has 0 spiro atoms. The molecule has 0 bridgehead atoms.